The van der Waals surface area contributed by atoms with Gasteiger partial charge in [-0.15, -0.1) is 4.91 Å². The van der Waals surface area contributed by atoms with Crippen LogP contribution in [0.4, 0.5) is 17.2 Å². The molecule has 0 radical (unpaired) electrons. The molecule has 0 saturated heterocycles. The van der Waals surface area contributed by atoms with E-state index in [9.17, 15) is 4.91 Å². The molecule has 2 aromatic heterocycles. The number of nitroso groups, excluding NO2 is 1. The Morgan fingerprint density at radius 1 is 1.13 bits per heavy atom. The number of nitrogens with one attached hydrogen (secondary N) is 1. The lowest BCUT2D eigenvalue weighted by Crippen LogP contribution is -1.93. The van der Waals surface area contributed by atoms with Gasteiger partial charge < -0.3 is 5.32 Å². The fourth-order valence-electron chi connectivity index (χ4n) is 1.03. The summed E-state index contributed by atoms with van der Waals surface area (Å²) in [5.74, 6) is 0.609. The van der Waals surface area contributed by atoms with Crippen molar-refractivity contribution in [2.75, 3.05) is 5.32 Å². The molecule has 0 unspecified atom stereocenters. The van der Waals surface area contributed by atoms with E-state index in [0.29, 0.717) is 11.5 Å². The number of hydrogen-bond acceptors (Lipinski definition) is 6. The summed E-state index contributed by atoms with van der Waals surface area (Å²) < 4.78 is 0. The quantitative estimate of drug-likeness (QED) is 0.768. The molecular formula is C9H7N5O. The predicted octanol–water partition coefficient (Wildman–Crippen LogP) is 2.01. The highest BCUT2D eigenvalue weighted by Crippen LogP contribution is 2.15. The number of pyridine rings is 1. The van der Waals surface area contributed by atoms with E-state index in [1.54, 1.807) is 24.5 Å². The second kappa shape index (κ2) is 4.23. The maximum absolute atomic E-state index is 10.1. The molecule has 0 aromatic carbocycles. The van der Waals surface area contributed by atoms with Gasteiger partial charge in [-0.1, -0.05) is 0 Å². The highest BCUT2D eigenvalue weighted by molar-refractivity contribution is 5.54. The smallest absolute Gasteiger partial charge is 0.130 e. The Bertz CT molecular complexity index is 442. The molecule has 0 bridgehead atoms. The summed E-state index contributed by atoms with van der Waals surface area (Å²) in [4.78, 5) is 21.8. The highest BCUT2D eigenvalue weighted by Gasteiger charge is 1.96. The van der Waals surface area contributed by atoms with Gasteiger partial charge in [-0.05, 0) is 17.3 Å². The third-order valence-electron chi connectivity index (χ3n) is 1.69. The Morgan fingerprint density at radius 3 is 2.53 bits per heavy atom. The zero-order valence-corrected chi connectivity index (χ0v) is 7.66. The van der Waals surface area contributed by atoms with Crippen LogP contribution in [0, 0.1) is 4.91 Å². The van der Waals surface area contributed by atoms with Gasteiger partial charge in [0.05, 0.1) is 24.3 Å². The molecule has 1 N–H and O–H groups in total. The van der Waals surface area contributed by atoms with Gasteiger partial charge in [-0.2, -0.15) is 0 Å². The van der Waals surface area contributed by atoms with Crippen LogP contribution in [0.1, 0.15) is 0 Å². The second-order valence-corrected chi connectivity index (χ2v) is 2.75. The van der Waals surface area contributed by atoms with Gasteiger partial charge in [0.2, 0.25) is 0 Å². The number of hydrogen-bond donors (Lipinski definition) is 1. The number of rotatable bonds is 3. The first-order valence-corrected chi connectivity index (χ1v) is 4.20. The average Bonchev–Trinajstić information content (AvgIpc) is 2.31. The van der Waals surface area contributed by atoms with Crippen LogP contribution in [0.3, 0.4) is 0 Å². The molecule has 0 spiro atoms. The first kappa shape index (κ1) is 9.20. The monoisotopic (exact) mass is 201 g/mol. The van der Waals surface area contributed by atoms with Crippen molar-refractivity contribution in [2.45, 2.75) is 0 Å². The van der Waals surface area contributed by atoms with Crippen LogP contribution in [-0.2, 0) is 0 Å². The third kappa shape index (κ3) is 2.31. The van der Waals surface area contributed by atoms with Crippen molar-refractivity contribution in [1.82, 2.24) is 15.0 Å². The summed E-state index contributed by atoms with van der Waals surface area (Å²) in [7, 11) is 0. The van der Waals surface area contributed by atoms with Crippen molar-refractivity contribution in [3.63, 3.8) is 0 Å². The molecule has 15 heavy (non-hydrogen) atoms. The lowest BCUT2D eigenvalue weighted by atomic mass is 10.4. The van der Waals surface area contributed by atoms with Gasteiger partial charge in [0.25, 0.3) is 0 Å². The zero-order valence-electron chi connectivity index (χ0n) is 7.66. The van der Waals surface area contributed by atoms with Crippen LogP contribution in [0.5, 0.6) is 0 Å². The molecule has 0 aliphatic heterocycles. The van der Waals surface area contributed by atoms with Gasteiger partial charge in [0.15, 0.2) is 0 Å². The van der Waals surface area contributed by atoms with E-state index < -0.39 is 0 Å². The Labute approximate surface area is 85.4 Å². The maximum atomic E-state index is 10.1. The van der Waals surface area contributed by atoms with E-state index in [0.717, 1.165) is 5.69 Å². The van der Waals surface area contributed by atoms with E-state index in [-0.39, 0.29) is 0 Å². The van der Waals surface area contributed by atoms with Crippen molar-refractivity contribution >= 4 is 17.2 Å². The number of aromatic nitrogens is 3. The minimum absolute atomic E-state index is 0.296. The lowest BCUT2D eigenvalue weighted by Gasteiger charge is -2.02. The summed E-state index contributed by atoms with van der Waals surface area (Å²) in [5, 5.41) is 5.73. The van der Waals surface area contributed by atoms with Crippen LogP contribution in [0.25, 0.3) is 0 Å². The van der Waals surface area contributed by atoms with Crippen LogP contribution >= 0.6 is 0 Å². The fourth-order valence-corrected chi connectivity index (χ4v) is 1.03. The third-order valence-corrected chi connectivity index (χ3v) is 1.69. The molecule has 0 saturated carbocycles. The van der Waals surface area contributed by atoms with Crippen molar-refractivity contribution in [3.8, 4) is 0 Å². The second-order valence-electron chi connectivity index (χ2n) is 2.75. The van der Waals surface area contributed by atoms with Crippen LogP contribution in [-0.4, -0.2) is 15.0 Å². The minimum atomic E-state index is 0.296. The Balaban J connectivity index is 2.15. The van der Waals surface area contributed by atoms with Crippen LogP contribution in [0.2, 0.25) is 0 Å². The number of anilines is 2. The van der Waals surface area contributed by atoms with Crippen molar-refractivity contribution in [3.05, 3.63) is 42.0 Å². The summed E-state index contributed by atoms with van der Waals surface area (Å²) in [5.41, 5.74) is 1.03. The SMILES string of the molecule is O=Nc1ccc(Nc2cncnc2)nc1. The molecule has 0 aliphatic carbocycles. The molecule has 74 valence electrons. The van der Waals surface area contributed by atoms with E-state index in [2.05, 4.69) is 25.4 Å². The first-order valence-electron chi connectivity index (χ1n) is 4.20. The molecule has 2 aromatic rings. The number of nitrogens with zero attached hydrogens (tertiary/aromatic N) is 4. The van der Waals surface area contributed by atoms with Gasteiger partial charge in [-0.3, -0.25) is 0 Å². The lowest BCUT2D eigenvalue weighted by molar-refractivity contribution is 1.16. The van der Waals surface area contributed by atoms with Gasteiger partial charge in [0.1, 0.15) is 17.8 Å². The molecule has 6 nitrogen and oxygen atoms in total. The van der Waals surface area contributed by atoms with E-state index in [4.69, 9.17) is 0 Å². The Morgan fingerprint density at radius 2 is 1.93 bits per heavy atom. The highest BCUT2D eigenvalue weighted by atomic mass is 16.3. The minimum Gasteiger partial charge on any atom is -0.338 e. The average molecular weight is 201 g/mol. The summed E-state index contributed by atoms with van der Waals surface area (Å²) in [6, 6.07) is 3.23. The Kier molecular flexibility index (Phi) is 2.59. The molecule has 0 fully saturated rings. The molecule has 0 atom stereocenters. The van der Waals surface area contributed by atoms with E-state index in [1.165, 1.54) is 12.5 Å². The molecule has 0 amide bonds. The maximum Gasteiger partial charge on any atom is 0.130 e. The fraction of sp³-hybridized carbons (Fsp3) is 0. The van der Waals surface area contributed by atoms with Crippen molar-refractivity contribution in [1.29, 1.82) is 0 Å². The van der Waals surface area contributed by atoms with Gasteiger partial charge in [0, 0.05) is 0 Å². The molecule has 6 heteroatoms. The molecule has 0 aliphatic rings. The predicted molar refractivity (Wildman–Crippen MR) is 55.0 cm³/mol. The summed E-state index contributed by atoms with van der Waals surface area (Å²) in [6.45, 7) is 0. The standard InChI is InChI=1S/C9H7N5O/c15-14-7-1-2-9(12-5-7)13-8-3-10-6-11-4-8/h1-6H,(H,12,13). The molecule has 2 heterocycles. The zero-order chi connectivity index (χ0) is 10.5. The largest absolute Gasteiger partial charge is 0.338 e. The Hall–Kier alpha value is -2.37. The first-order chi connectivity index (χ1) is 7.38. The topological polar surface area (TPSA) is 80.1 Å². The summed E-state index contributed by atoms with van der Waals surface area (Å²) in [6.07, 6.45) is 6.08. The van der Waals surface area contributed by atoms with E-state index >= 15 is 0 Å². The van der Waals surface area contributed by atoms with Crippen LogP contribution < -0.4 is 5.32 Å². The van der Waals surface area contributed by atoms with E-state index in [1.807, 2.05) is 0 Å². The van der Waals surface area contributed by atoms with Gasteiger partial charge in [-0.25, -0.2) is 15.0 Å². The van der Waals surface area contributed by atoms with Crippen molar-refractivity contribution < 1.29 is 0 Å². The van der Waals surface area contributed by atoms with Crippen LogP contribution in [0.15, 0.2) is 42.2 Å². The molecule has 2 rings (SSSR count). The van der Waals surface area contributed by atoms with Gasteiger partial charge >= 0.3 is 0 Å². The molecular weight excluding hydrogens is 194 g/mol. The normalized spacial score (nSPS) is 9.60. The van der Waals surface area contributed by atoms with Crippen molar-refractivity contribution in [2.24, 2.45) is 5.18 Å². The summed E-state index contributed by atoms with van der Waals surface area (Å²) >= 11 is 0.